The van der Waals surface area contributed by atoms with Crippen LogP contribution in [0.5, 0.6) is 0 Å². The predicted octanol–water partition coefficient (Wildman–Crippen LogP) is 5.96. The molecule has 0 aliphatic carbocycles. The Morgan fingerprint density at radius 3 is 2.03 bits per heavy atom. The van der Waals surface area contributed by atoms with Crippen LogP contribution in [0.1, 0.15) is 5.56 Å². The van der Waals surface area contributed by atoms with E-state index in [-0.39, 0.29) is 0 Å². The Morgan fingerprint density at radius 1 is 0.639 bits per heavy atom. The zero-order valence-corrected chi connectivity index (χ0v) is 19.8. The molecule has 0 fully saturated rings. The molecule has 0 radical (unpaired) electrons. The highest BCUT2D eigenvalue weighted by Crippen LogP contribution is 2.40. The van der Waals surface area contributed by atoms with E-state index in [2.05, 4.69) is 102 Å². The second-order valence-electron chi connectivity index (χ2n) is 9.03. The molecule has 4 aromatic heterocycles. The van der Waals surface area contributed by atoms with E-state index >= 15 is 0 Å². The van der Waals surface area contributed by atoms with Crippen molar-refractivity contribution in [3.63, 3.8) is 0 Å². The van der Waals surface area contributed by atoms with Crippen molar-refractivity contribution in [2.75, 3.05) is 22.9 Å². The van der Waals surface area contributed by atoms with Crippen molar-refractivity contribution in [3.8, 4) is 5.69 Å². The van der Waals surface area contributed by atoms with Gasteiger partial charge in [0.1, 0.15) is 12.0 Å². The number of hydrogen-bond acceptors (Lipinski definition) is 6. The Bertz CT molecular complexity index is 1690. The van der Waals surface area contributed by atoms with E-state index in [1.807, 2.05) is 31.0 Å². The zero-order chi connectivity index (χ0) is 24.1. The Balaban J connectivity index is 1.35. The van der Waals surface area contributed by atoms with Gasteiger partial charge < -0.3 is 14.4 Å². The number of pyridine rings is 2. The zero-order valence-electron chi connectivity index (χ0n) is 19.8. The first-order valence-electron chi connectivity index (χ1n) is 12.0. The first-order chi connectivity index (χ1) is 17.8. The molecule has 1 aliphatic heterocycles. The molecule has 5 heterocycles. The van der Waals surface area contributed by atoms with Crippen LogP contribution in [0.15, 0.2) is 98.0 Å². The smallest absolute Gasteiger partial charge is 0.160 e. The summed E-state index contributed by atoms with van der Waals surface area (Å²) in [5.41, 5.74) is 7.46. The summed E-state index contributed by atoms with van der Waals surface area (Å²) in [6.45, 7) is 3.60. The summed E-state index contributed by atoms with van der Waals surface area (Å²) in [4.78, 5) is 22.5. The minimum Gasteiger partial charge on any atom is -0.334 e. The van der Waals surface area contributed by atoms with Crippen LogP contribution in [-0.4, -0.2) is 37.6 Å². The summed E-state index contributed by atoms with van der Waals surface area (Å²) >= 11 is 0. The molecule has 0 unspecified atom stereocenters. The SMILES string of the molecule is Cc1cncc(N2CCN(c3cncc(-n4c5ccccc5c5ccccc54)c3)c3cncnc32)c1. The fourth-order valence-corrected chi connectivity index (χ4v) is 5.23. The molecule has 0 saturated heterocycles. The molecule has 0 spiro atoms. The fourth-order valence-electron chi connectivity index (χ4n) is 5.23. The molecule has 0 N–H and O–H groups in total. The summed E-state index contributed by atoms with van der Waals surface area (Å²) in [6, 6.07) is 21.4. The van der Waals surface area contributed by atoms with Gasteiger partial charge in [0.2, 0.25) is 0 Å². The van der Waals surface area contributed by atoms with Crippen LogP contribution in [0, 0.1) is 6.92 Å². The molecular weight excluding hydrogens is 446 g/mol. The van der Waals surface area contributed by atoms with Gasteiger partial charge in [0.05, 0.1) is 52.9 Å². The van der Waals surface area contributed by atoms with Crippen molar-refractivity contribution < 1.29 is 0 Å². The molecule has 7 heteroatoms. The van der Waals surface area contributed by atoms with E-state index in [0.29, 0.717) is 0 Å². The number of para-hydroxylation sites is 2. The van der Waals surface area contributed by atoms with Gasteiger partial charge in [-0.1, -0.05) is 36.4 Å². The van der Waals surface area contributed by atoms with Crippen LogP contribution >= 0.6 is 0 Å². The number of aromatic nitrogens is 5. The van der Waals surface area contributed by atoms with Crippen LogP contribution in [0.4, 0.5) is 22.9 Å². The Labute approximate surface area is 208 Å². The summed E-state index contributed by atoms with van der Waals surface area (Å²) < 4.78 is 2.29. The number of hydrogen-bond donors (Lipinski definition) is 0. The molecule has 0 saturated carbocycles. The standard InChI is InChI=1S/C29H23N7/c1-20-12-21(15-30-14-20)35-11-10-34(28-18-32-19-33-29(28)35)22-13-23(17-31-16-22)36-26-8-4-2-6-24(26)25-7-3-5-9-27(25)36/h2-9,12-19H,10-11H2,1H3. The molecule has 7 rings (SSSR count). The van der Waals surface area contributed by atoms with Gasteiger partial charge in [-0.3, -0.25) is 9.97 Å². The molecule has 0 amide bonds. The van der Waals surface area contributed by atoms with Crippen LogP contribution in [0.25, 0.3) is 27.5 Å². The lowest BCUT2D eigenvalue weighted by Crippen LogP contribution is -2.37. The van der Waals surface area contributed by atoms with Gasteiger partial charge >= 0.3 is 0 Å². The van der Waals surface area contributed by atoms with Crippen molar-refractivity contribution in [3.05, 3.63) is 104 Å². The molecule has 2 aromatic carbocycles. The van der Waals surface area contributed by atoms with Crippen LogP contribution in [-0.2, 0) is 0 Å². The Hall–Kier alpha value is -4.78. The van der Waals surface area contributed by atoms with Gasteiger partial charge in [-0.15, -0.1) is 0 Å². The number of aryl methyl sites for hydroxylation is 1. The average Bonchev–Trinajstić information content (AvgIpc) is 3.27. The van der Waals surface area contributed by atoms with Gasteiger partial charge in [0.15, 0.2) is 5.82 Å². The highest BCUT2D eigenvalue weighted by atomic mass is 15.3. The van der Waals surface area contributed by atoms with E-state index in [9.17, 15) is 0 Å². The Kier molecular flexibility index (Phi) is 4.67. The molecule has 6 aromatic rings. The molecule has 1 aliphatic rings. The van der Waals surface area contributed by atoms with E-state index < -0.39 is 0 Å². The summed E-state index contributed by atoms with van der Waals surface area (Å²) in [6.07, 6.45) is 11.1. The average molecular weight is 470 g/mol. The monoisotopic (exact) mass is 469 g/mol. The lowest BCUT2D eigenvalue weighted by atomic mass is 10.2. The molecule has 7 nitrogen and oxygen atoms in total. The van der Waals surface area contributed by atoms with Crippen LogP contribution in [0.3, 0.4) is 0 Å². The second kappa shape index (κ2) is 8.16. The fraction of sp³-hybridized carbons (Fsp3) is 0.103. The van der Waals surface area contributed by atoms with Crippen LogP contribution in [0.2, 0.25) is 0 Å². The quantitative estimate of drug-likeness (QED) is 0.319. The number of fused-ring (bicyclic) bond motifs is 4. The summed E-state index contributed by atoms with van der Waals surface area (Å²) in [5, 5.41) is 2.47. The predicted molar refractivity (Wildman–Crippen MR) is 144 cm³/mol. The molecule has 174 valence electrons. The van der Waals surface area contributed by atoms with Crippen molar-refractivity contribution in [2.24, 2.45) is 0 Å². The largest absolute Gasteiger partial charge is 0.334 e. The maximum atomic E-state index is 4.66. The van der Waals surface area contributed by atoms with Crippen molar-refractivity contribution >= 4 is 44.7 Å². The number of anilines is 4. The van der Waals surface area contributed by atoms with E-state index in [4.69, 9.17) is 0 Å². The lowest BCUT2D eigenvalue weighted by Gasteiger charge is -2.37. The number of benzene rings is 2. The normalized spacial score (nSPS) is 13.4. The molecule has 36 heavy (non-hydrogen) atoms. The van der Waals surface area contributed by atoms with E-state index in [1.54, 1.807) is 6.33 Å². The minimum absolute atomic E-state index is 0.770. The van der Waals surface area contributed by atoms with Gasteiger partial charge in [0.25, 0.3) is 0 Å². The van der Waals surface area contributed by atoms with Gasteiger partial charge in [-0.25, -0.2) is 9.97 Å². The third kappa shape index (κ3) is 3.20. The third-order valence-corrected chi connectivity index (χ3v) is 6.80. The molecule has 0 bridgehead atoms. The molecular formula is C29H23N7. The van der Waals surface area contributed by atoms with Crippen molar-refractivity contribution in [1.29, 1.82) is 0 Å². The lowest BCUT2D eigenvalue weighted by molar-refractivity contribution is 0.821. The molecule has 0 atom stereocenters. The first kappa shape index (κ1) is 20.6. The highest BCUT2D eigenvalue weighted by Gasteiger charge is 2.27. The minimum atomic E-state index is 0.770. The summed E-state index contributed by atoms with van der Waals surface area (Å²) in [5.74, 6) is 0.867. The maximum Gasteiger partial charge on any atom is 0.160 e. The highest BCUT2D eigenvalue weighted by molar-refractivity contribution is 6.09. The summed E-state index contributed by atoms with van der Waals surface area (Å²) in [7, 11) is 0. The Morgan fingerprint density at radius 2 is 1.28 bits per heavy atom. The maximum absolute atomic E-state index is 4.66. The number of rotatable bonds is 3. The van der Waals surface area contributed by atoms with E-state index in [1.165, 1.54) is 10.8 Å². The van der Waals surface area contributed by atoms with Gasteiger partial charge in [0, 0.05) is 30.1 Å². The topological polar surface area (TPSA) is 63.0 Å². The third-order valence-electron chi connectivity index (χ3n) is 6.80. The van der Waals surface area contributed by atoms with E-state index in [0.717, 1.165) is 58.3 Å². The van der Waals surface area contributed by atoms with Crippen LogP contribution < -0.4 is 9.80 Å². The van der Waals surface area contributed by atoms with Gasteiger partial charge in [-0.05, 0) is 36.8 Å². The van der Waals surface area contributed by atoms with Crippen molar-refractivity contribution in [2.45, 2.75) is 6.92 Å². The second-order valence-corrected chi connectivity index (χ2v) is 9.03. The number of nitrogens with zero attached hydrogens (tertiary/aromatic N) is 7. The van der Waals surface area contributed by atoms with Crippen molar-refractivity contribution in [1.82, 2.24) is 24.5 Å². The first-order valence-corrected chi connectivity index (χ1v) is 12.0. The van der Waals surface area contributed by atoms with Gasteiger partial charge in [-0.2, -0.15) is 0 Å².